The van der Waals surface area contributed by atoms with Gasteiger partial charge in [-0.3, -0.25) is 9.80 Å². The maximum atomic E-state index is 3.46. The lowest BCUT2D eigenvalue weighted by molar-refractivity contribution is -0.00988. The van der Waals surface area contributed by atoms with Gasteiger partial charge in [0.15, 0.2) is 0 Å². The van der Waals surface area contributed by atoms with Crippen LogP contribution in [0.15, 0.2) is 0 Å². The number of hydrogen-bond acceptors (Lipinski definition) is 3. The summed E-state index contributed by atoms with van der Waals surface area (Å²) in [7, 11) is 0. The Bertz CT molecular complexity index is 258. The van der Waals surface area contributed by atoms with Gasteiger partial charge in [0.2, 0.25) is 0 Å². The third-order valence-corrected chi connectivity index (χ3v) is 5.01. The fraction of sp³-hybridized carbons (Fsp3) is 1.00. The highest BCUT2D eigenvalue weighted by Crippen LogP contribution is 2.32. The van der Waals surface area contributed by atoms with Crippen LogP contribution in [0.3, 0.4) is 0 Å². The molecule has 2 unspecified atom stereocenters. The molecule has 2 aliphatic heterocycles. The van der Waals surface area contributed by atoms with E-state index in [0.29, 0.717) is 5.54 Å². The van der Waals surface area contributed by atoms with Crippen LogP contribution in [0.5, 0.6) is 0 Å². The number of nitrogens with one attached hydrogen (secondary N) is 1. The summed E-state index contributed by atoms with van der Waals surface area (Å²) in [5, 5.41) is 3.46. The lowest BCUT2D eigenvalue weighted by Gasteiger charge is -2.51. The van der Waals surface area contributed by atoms with E-state index in [4.69, 9.17) is 0 Å². The standard InChI is InChI=1S/C15H31N3/c1-5-13(2)18-9-6-14(12-15(18,3)4)17-10-7-16-8-11-17/h13-14,16H,5-12H2,1-4H3. The lowest BCUT2D eigenvalue weighted by atomic mass is 9.84. The smallest absolute Gasteiger partial charge is 0.0170 e. The topological polar surface area (TPSA) is 18.5 Å². The monoisotopic (exact) mass is 253 g/mol. The molecule has 106 valence electrons. The fourth-order valence-corrected chi connectivity index (χ4v) is 3.78. The van der Waals surface area contributed by atoms with Crippen molar-refractivity contribution in [3.05, 3.63) is 0 Å². The fourth-order valence-electron chi connectivity index (χ4n) is 3.78. The van der Waals surface area contributed by atoms with E-state index in [1.165, 1.54) is 52.0 Å². The van der Waals surface area contributed by atoms with Crippen molar-refractivity contribution in [2.24, 2.45) is 0 Å². The van der Waals surface area contributed by atoms with E-state index in [1.54, 1.807) is 0 Å². The molecule has 0 spiro atoms. The first-order valence-corrected chi connectivity index (χ1v) is 7.76. The summed E-state index contributed by atoms with van der Waals surface area (Å²) in [6.45, 7) is 15.7. The molecule has 2 atom stereocenters. The van der Waals surface area contributed by atoms with Crippen molar-refractivity contribution in [3.8, 4) is 0 Å². The van der Waals surface area contributed by atoms with Crippen LogP contribution in [-0.4, -0.2) is 60.1 Å². The largest absolute Gasteiger partial charge is 0.314 e. The van der Waals surface area contributed by atoms with Crippen molar-refractivity contribution >= 4 is 0 Å². The number of nitrogens with zero attached hydrogens (tertiary/aromatic N) is 2. The molecule has 0 aromatic heterocycles. The molecule has 2 rings (SSSR count). The van der Waals surface area contributed by atoms with Gasteiger partial charge in [-0.05, 0) is 40.0 Å². The summed E-state index contributed by atoms with van der Waals surface area (Å²) in [6, 6.07) is 1.53. The minimum absolute atomic E-state index is 0.364. The highest BCUT2D eigenvalue weighted by molar-refractivity contribution is 4.95. The predicted octanol–water partition coefficient (Wildman–Crippen LogP) is 1.93. The zero-order chi connectivity index (χ0) is 13.2. The van der Waals surface area contributed by atoms with Crippen LogP contribution < -0.4 is 5.32 Å². The van der Waals surface area contributed by atoms with Crippen molar-refractivity contribution in [2.75, 3.05) is 32.7 Å². The molecule has 2 saturated heterocycles. The van der Waals surface area contributed by atoms with Crippen molar-refractivity contribution in [1.29, 1.82) is 0 Å². The van der Waals surface area contributed by atoms with Gasteiger partial charge >= 0.3 is 0 Å². The molecule has 2 fully saturated rings. The summed E-state index contributed by atoms with van der Waals surface area (Å²) < 4.78 is 0. The van der Waals surface area contributed by atoms with Crippen molar-refractivity contribution in [1.82, 2.24) is 15.1 Å². The third-order valence-electron chi connectivity index (χ3n) is 5.01. The number of piperidine rings is 1. The van der Waals surface area contributed by atoms with Gasteiger partial charge in [0, 0.05) is 50.3 Å². The first-order chi connectivity index (χ1) is 8.54. The van der Waals surface area contributed by atoms with Gasteiger partial charge in [-0.15, -0.1) is 0 Å². The van der Waals surface area contributed by atoms with E-state index >= 15 is 0 Å². The molecule has 0 bridgehead atoms. The maximum Gasteiger partial charge on any atom is 0.0170 e. The van der Waals surface area contributed by atoms with Crippen molar-refractivity contribution in [2.45, 2.75) is 64.6 Å². The molecule has 2 heterocycles. The van der Waals surface area contributed by atoms with E-state index in [1.807, 2.05) is 0 Å². The molecular formula is C15H31N3. The molecule has 0 aromatic carbocycles. The van der Waals surface area contributed by atoms with Crippen molar-refractivity contribution < 1.29 is 0 Å². The van der Waals surface area contributed by atoms with E-state index < -0.39 is 0 Å². The predicted molar refractivity (Wildman–Crippen MR) is 78.0 cm³/mol. The summed E-state index contributed by atoms with van der Waals surface area (Å²) in [5.74, 6) is 0. The number of hydrogen-bond donors (Lipinski definition) is 1. The van der Waals surface area contributed by atoms with Crippen LogP contribution in [0.1, 0.15) is 47.0 Å². The molecule has 0 amide bonds. The molecule has 0 radical (unpaired) electrons. The van der Waals surface area contributed by atoms with Crippen LogP contribution in [0.25, 0.3) is 0 Å². The Balaban J connectivity index is 1.96. The molecule has 3 nitrogen and oxygen atoms in total. The highest BCUT2D eigenvalue weighted by atomic mass is 15.3. The third kappa shape index (κ3) is 3.06. The zero-order valence-corrected chi connectivity index (χ0v) is 12.7. The SMILES string of the molecule is CCC(C)N1CCC(N2CCNCC2)CC1(C)C. The van der Waals surface area contributed by atoms with Crippen LogP contribution in [0, 0.1) is 0 Å². The van der Waals surface area contributed by atoms with Gasteiger partial charge in [-0.2, -0.15) is 0 Å². The molecule has 1 N–H and O–H groups in total. The second kappa shape index (κ2) is 5.89. The Kier molecular flexibility index (Phi) is 4.68. The van der Waals surface area contributed by atoms with Gasteiger partial charge in [0.1, 0.15) is 0 Å². The number of likely N-dealkylation sites (tertiary alicyclic amines) is 1. The summed E-state index contributed by atoms with van der Waals surface area (Å²) in [6.07, 6.45) is 3.95. The summed E-state index contributed by atoms with van der Waals surface area (Å²) in [4.78, 5) is 5.44. The minimum atomic E-state index is 0.364. The molecule has 0 aromatic rings. The van der Waals surface area contributed by atoms with Crippen LogP contribution in [0.2, 0.25) is 0 Å². The molecule has 18 heavy (non-hydrogen) atoms. The molecule has 2 aliphatic rings. The number of rotatable bonds is 3. The van der Waals surface area contributed by atoms with E-state index in [2.05, 4.69) is 42.8 Å². The van der Waals surface area contributed by atoms with Gasteiger partial charge in [-0.25, -0.2) is 0 Å². The summed E-state index contributed by atoms with van der Waals surface area (Å²) >= 11 is 0. The first-order valence-electron chi connectivity index (χ1n) is 7.76. The Morgan fingerprint density at radius 3 is 2.44 bits per heavy atom. The zero-order valence-electron chi connectivity index (χ0n) is 12.7. The van der Waals surface area contributed by atoms with Crippen LogP contribution in [0.4, 0.5) is 0 Å². The van der Waals surface area contributed by atoms with E-state index in [9.17, 15) is 0 Å². The van der Waals surface area contributed by atoms with Crippen molar-refractivity contribution in [3.63, 3.8) is 0 Å². The second-order valence-electron chi connectivity index (χ2n) is 6.70. The van der Waals surface area contributed by atoms with Gasteiger partial charge in [-0.1, -0.05) is 6.92 Å². The molecule has 3 heteroatoms. The normalized spacial score (nSPS) is 32.3. The quantitative estimate of drug-likeness (QED) is 0.829. The average molecular weight is 253 g/mol. The van der Waals surface area contributed by atoms with Crippen LogP contribution in [-0.2, 0) is 0 Å². The van der Waals surface area contributed by atoms with Gasteiger partial charge < -0.3 is 5.32 Å². The molecule has 0 aliphatic carbocycles. The maximum absolute atomic E-state index is 3.46. The van der Waals surface area contributed by atoms with Gasteiger partial charge in [0.05, 0.1) is 0 Å². The molecule has 0 saturated carbocycles. The summed E-state index contributed by atoms with van der Waals surface area (Å²) in [5.41, 5.74) is 0.364. The average Bonchev–Trinajstić information content (AvgIpc) is 2.38. The van der Waals surface area contributed by atoms with Gasteiger partial charge in [0.25, 0.3) is 0 Å². The highest BCUT2D eigenvalue weighted by Gasteiger charge is 2.38. The lowest BCUT2D eigenvalue weighted by Crippen LogP contribution is -2.59. The minimum Gasteiger partial charge on any atom is -0.314 e. The Morgan fingerprint density at radius 1 is 1.22 bits per heavy atom. The van der Waals surface area contributed by atoms with Crippen LogP contribution >= 0.6 is 0 Å². The van der Waals surface area contributed by atoms with E-state index in [-0.39, 0.29) is 0 Å². The molecular weight excluding hydrogens is 222 g/mol. The Labute approximate surface area is 113 Å². The second-order valence-corrected chi connectivity index (χ2v) is 6.70. The van der Waals surface area contributed by atoms with E-state index in [0.717, 1.165) is 12.1 Å². The Hall–Kier alpha value is -0.120. The first kappa shape index (κ1) is 14.3. The Morgan fingerprint density at radius 2 is 1.89 bits per heavy atom. The number of piperazine rings is 1.